The lowest BCUT2D eigenvalue weighted by atomic mass is 9.86. The van der Waals surface area contributed by atoms with Gasteiger partial charge in [0.15, 0.2) is 0 Å². The van der Waals surface area contributed by atoms with Gasteiger partial charge in [0.25, 0.3) is 0 Å². The van der Waals surface area contributed by atoms with Crippen LogP contribution in [-0.4, -0.2) is 46.4 Å². The fourth-order valence-corrected chi connectivity index (χ4v) is 4.57. The molecule has 1 fully saturated rings. The summed E-state index contributed by atoms with van der Waals surface area (Å²) in [7, 11) is 0. The number of ether oxygens (including phenoxy) is 1. The van der Waals surface area contributed by atoms with Gasteiger partial charge in [0.05, 0.1) is 6.42 Å². The number of aryl methyl sites for hydroxylation is 2. The molecular formula is C30H40N4O5. The van der Waals surface area contributed by atoms with Gasteiger partial charge in [-0.05, 0) is 70.6 Å². The van der Waals surface area contributed by atoms with E-state index in [1.54, 1.807) is 20.8 Å². The second-order valence-electron chi connectivity index (χ2n) is 11.2. The van der Waals surface area contributed by atoms with Gasteiger partial charge in [-0.2, -0.15) is 0 Å². The minimum Gasteiger partial charge on any atom is -0.444 e. The molecule has 1 saturated carbocycles. The fourth-order valence-electron chi connectivity index (χ4n) is 4.57. The van der Waals surface area contributed by atoms with Crippen LogP contribution >= 0.6 is 0 Å². The van der Waals surface area contributed by atoms with Crippen molar-refractivity contribution >= 4 is 23.8 Å². The van der Waals surface area contributed by atoms with Gasteiger partial charge in [0.2, 0.25) is 17.7 Å². The van der Waals surface area contributed by atoms with Gasteiger partial charge < -0.3 is 26.0 Å². The molecule has 210 valence electrons. The lowest BCUT2D eigenvalue weighted by Gasteiger charge is -2.44. The molecular weight excluding hydrogens is 496 g/mol. The van der Waals surface area contributed by atoms with Crippen molar-refractivity contribution in [3.8, 4) is 0 Å². The van der Waals surface area contributed by atoms with Crippen molar-refractivity contribution in [3.63, 3.8) is 0 Å². The summed E-state index contributed by atoms with van der Waals surface area (Å²) in [5.41, 5.74) is 8.08. The average molecular weight is 537 g/mol. The largest absolute Gasteiger partial charge is 0.444 e. The summed E-state index contributed by atoms with van der Waals surface area (Å²) in [6.07, 6.45) is 1.04. The fraction of sp³-hybridized carbons (Fsp3) is 0.467. The zero-order chi connectivity index (χ0) is 28.7. The van der Waals surface area contributed by atoms with Crippen molar-refractivity contribution < 1.29 is 23.9 Å². The molecule has 39 heavy (non-hydrogen) atoms. The monoisotopic (exact) mass is 536 g/mol. The van der Waals surface area contributed by atoms with Crippen LogP contribution in [0.5, 0.6) is 0 Å². The number of carbonyl (C=O) groups is 4. The molecule has 9 heteroatoms. The van der Waals surface area contributed by atoms with E-state index in [2.05, 4.69) is 10.6 Å². The van der Waals surface area contributed by atoms with Crippen molar-refractivity contribution in [1.82, 2.24) is 15.5 Å². The van der Waals surface area contributed by atoms with E-state index in [0.29, 0.717) is 18.4 Å². The summed E-state index contributed by atoms with van der Waals surface area (Å²) in [4.78, 5) is 54.2. The molecule has 4 N–H and O–H groups in total. The number of hydrogen-bond acceptors (Lipinski definition) is 5. The van der Waals surface area contributed by atoms with Crippen LogP contribution in [0.1, 0.15) is 74.8 Å². The van der Waals surface area contributed by atoms with Crippen molar-refractivity contribution in [1.29, 1.82) is 0 Å². The van der Waals surface area contributed by atoms with E-state index in [4.69, 9.17) is 10.5 Å². The SMILES string of the molecule is Cc1ccc(C)c(C(C(=O)NCc2ccccc2)N(C(=O)C(CC(N)=O)NC(=O)OC(C)(C)C)C2CCC2)c1. The smallest absolute Gasteiger partial charge is 0.408 e. The van der Waals surface area contributed by atoms with E-state index in [9.17, 15) is 19.2 Å². The van der Waals surface area contributed by atoms with Crippen LogP contribution in [0.4, 0.5) is 4.79 Å². The Kier molecular flexibility index (Phi) is 9.72. The highest BCUT2D eigenvalue weighted by Gasteiger charge is 2.42. The first-order valence-electron chi connectivity index (χ1n) is 13.3. The van der Waals surface area contributed by atoms with Gasteiger partial charge in [0.1, 0.15) is 17.7 Å². The molecule has 0 aliphatic heterocycles. The standard InChI is InChI=1S/C30H40N4O5/c1-19-14-15-20(2)23(16-19)26(27(36)32-18-21-10-7-6-8-11-21)34(22-12-9-13-22)28(37)24(17-25(31)35)33-29(38)39-30(3,4)5/h6-8,10-11,14-16,22,24,26H,9,12-13,17-18H2,1-5H3,(H2,31,35)(H,32,36)(H,33,38). The molecule has 0 radical (unpaired) electrons. The van der Waals surface area contributed by atoms with Crippen LogP contribution in [0.15, 0.2) is 48.5 Å². The van der Waals surface area contributed by atoms with E-state index in [1.807, 2.05) is 62.4 Å². The number of primary amides is 1. The molecule has 0 saturated heterocycles. The summed E-state index contributed by atoms with van der Waals surface area (Å²) in [6, 6.07) is 12.8. The maximum Gasteiger partial charge on any atom is 0.408 e. The molecule has 2 aromatic carbocycles. The zero-order valence-corrected chi connectivity index (χ0v) is 23.5. The number of amides is 4. The molecule has 0 bridgehead atoms. The van der Waals surface area contributed by atoms with Gasteiger partial charge in [-0.15, -0.1) is 0 Å². The molecule has 9 nitrogen and oxygen atoms in total. The van der Waals surface area contributed by atoms with Crippen molar-refractivity contribution in [3.05, 3.63) is 70.8 Å². The maximum atomic E-state index is 14.2. The van der Waals surface area contributed by atoms with Crippen LogP contribution in [0.25, 0.3) is 0 Å². The molecule has 2 unspecified atom stereocenters. The van der Waals surface area contributed by atoms with Gasteiger partial charge in [-0.25, -0.2) is 4.79 Å². The van der Waals surface area contributed by atoms with Gasteiger partial charge >= 0.3 is 6.09 Å². The maximum absolute atomic E-state index is 14.2. The summed E-state index contributed by atoms with van der Waals surface area (Å²) >= 11 is 0. The summed E-state index contributed by atoms with van der Waals surface area (Å²) < 4.78 is 5.34. The molecule has 2 aromatic rings. The molecule has 2 atom stereocenters. The number of alkyl carbamates (subject to hydrolysis) is 1. The Hall–Kier alpha value is -3.88. The van der Waals surface area contributed by atoms with Gasteiger partial charge in [0, 0.05) is 12.6 Å². The average Bonchev–Trinajstić information content (AvgIpc) is 2.81. The normalized spacial score (nSPS) is 14.9. The molecule has 4 amide bonds. The molecule has 0 spiro atoms. The molecule has 1 aliphatic rings. The van der Waals surface area contributed by atoms with Gasteiger partial charge in [-0.3, -0.25) is 14.4 Å². The summed E-state index contributed by atoms with van der Waals surface area (Å²) in [5.74, 6) is -1.65. The first-order chi connectivity index (χ1) is 18.4. The highest BCUT2D eigenvalue weighted by molar-refractivity contribution is 5.95. The predicted octanol–water partition coefficient (Wildman–Crippen LogP) is 3.81. The summed E-state index contributed by atoms with van der Waals surface area (Å²) in [6.45, 7) is 9.21. The highest BCUT2D eigenvalue weighted by Crippen LogP contribution is 2.35. The van der Waals surface area contributed by atoms with Gasteiger partial charge in [-0.1, -0.05) is 54.1 Å². The topological polar surface area (TPSA) is 131 Å². The van der Waals surface area contributed by atoms with E-state index in [0.717, 1.165) is 23.1 Å². The molecule has 1 aliphatic carbocycles. The third-order valence-electron chi connectivity index (χ3n) is 6.68. The lowest BCUT2D eigenvalue weighted by Crippen LogP contribution is -2.58. The van der Waals surface area contributed by atoms with Crippen molar-refractivity contribution in [2.24, 2.45) is 5.73 Å². The van der Waals surface area contributed by atoms with E-state index in [-0.39, 0.29) is 18.5 Å². The Morgan fingerprint density at radius 3 is 2.28 bits per heavy atom. The Balaban J connectivity index is 2.01. The Morgan fingerprint density at radius 2 is 1.72 bits per heavy atom. The Bertz CT molecular complexity index is 1190. The second kappa shape index (κ2) is 12.8. The number of hydrogen-bond donors (Lipinski definition) is 3. The lowest BCUT2D eigenvalue weighted by molar-refractivity contribution is -0.148. The molecule has 0 heterocycles. The third-order valence-corrected chi connectivity index (χ3v) is 6.68. The van der Waals surface area contributed by atoms with E-state index >= 15 is 0 Å². The number of nitrogens with one attached hydrogen (secondary N) is 2. The first-order valence-corrected chi connectivity index (χ1v) is 13.3. The summed E-state index contributed by atoms with van der Waals surface area (Å²) in [5, 5.41) is 5.53. The number of nitrogens with zero attached hydrogens (tertiary/aromatic N) is 1. The second-order valence-corrected chi connectivity index (χ2v) is 11.2. The number of rotatable bonds is 10. The predicted molar refractivity (Wildman–Crippen MR) is 148 cm³/mol. The quantitative estimate of drug-likeness (QED) is 0.425. The molecule has 3 rings (SSSR count). The van der Waals surface area contributed by atoms with Crippen molar-refractivity contribution in [2.45, 2.75) is 90.6 Å². The van der Waals surface area contributed by atoms with Crippen LogP contribution in [0.2, 0.25) is 0 Å². The van der Waals surface area contributed by atoms with Crippen LogP contribution in [-0.2, 0) is 25.7 Å². The number of benzene rings is 2. The van der Waals surface area contributed by atoms with Crippen LogP contribution < -0.4 is 16.4 Å². The number of nitrogens with two attached hydrogens (primary N) is 1. The van der Waals surface area contributed by atoms with Crippen LogP contribution in [0, 0.1) is 13.8 Å². The molecule has 0 aromatic heterocycles. The minimum absolute atomic E-state index is 0.235. The third kappa shape index (κ3) is 8.30. The van der Waals surface area contributed by atoms with Crippen molar-refractivity contribution in [2.75, 3.05) is 0 Å². The number of carbonyl (C=O) groups excluding carboxylic acids is 4. The zero-order valence-electron chi connectivity index (χ0n) is 23.5. The first kappa shape index (κ1) is 29.7. The van der Waals surface area contributed by atoms with Crippen LogP contribution in [0.3, 0.4) is 0 Å². The highest BCUT2D eigenvalue weighted by atomic mass is 16.6. The van der Waals surface area contributed by atoms with E-state index in [1.165, 1.54) is 4.90 Å². The van der Waals surface area contributed by atoms with E-state index < -0.39 is 42.0 Å². The Labute approximate surface area is 230 Å². The minimum atomic E-state index is -1.28. The Morgan fingerprint density at radius 1 is 1.05 bits per heavy atom.